The monoisotopic (exact) mass is 178 g/mol. The molecule has 72 valence electrons. The van der Waals surface area contributed by atoms with E-state index < -0.39 is 0 Å². The predicted molar refractivity (Wildman–Crippen MR) is 56.4 cm³/mol. The van der Waals surface area contributed by atoms with E-state index in [-0.39, 0.29) is 0 Å². The van der Waals surface area contributed by atoms with Gasteiger partial charge in [-0.1, -0.05) is 19.9 Å². The Labute approximate surface area is 80.7 Å². The third-order valence-electron chi connectivity index (χ3n) is 2.25. The van der Waals surface area contributed by atoms with Crippen LogP contribution in [0.3, 0.4) is 0 Å². The van der Waals surface area contributed by atoms with Gasteiger partial charge in [-0.3, -0.25) is 0 Å². The van der Waals surface area contributed by atoms with Gasteiger partial charge in [0, 0.05) is 0 Å². The molecule has 0 atom stereocenters. The van der Waals surface area contributed by atoms with Crippen LogP contribution < -0.4 is 4.74 Å². The molecular formula is C12H18O. The highest BCUT2D eigenvalue weighted by molar-refractivity contribution is 5.35. The highest BCUT2D eigenvalue weighted by Gasteiger charge is 2.00. The minimum absolute atomic E-state index is 0.745. The summed E-state index contributed by atoms with van der Waals surface area (Å²) in [6, 6.07) is 6.38. The molecular weight excluding hydrogens is 160 g/mol. The second kappa shape index (κ2) is 4.90. The van der Waals surface area contributed by atoms with Crippen molar-refractivity contribution in [2.45, 2.75) is 33.6 Å². The maximum atomic E-state index is 5.45. The van der Waals surface area contributed by atoms with Crippen molar-refractivity contribution in [2.24, 2.45) is 0 Å². The first-order chi connectivity index (χ1) is 6.31. The molecule has 0 bridgehead atoms. The van der Waals surface area contributed by atoms with Crippen molar-refractivity contribution in [3.63, 3.8) is 0 Å². The third-order valence-corrected chi connectivity index (χ3v) is 2.25. The largest absolute Gasteiger partial charge is 0.494 e. The Morgan fingerprint density at radius 2 is 1.69 bits per heavy atom. The molecule has 0 amide bonds. The summed E-state index contributed by atoms with van der Waals surface area (Å²) in [6.45, 7) is 7.13. The zero-order valence-electron chi connectivity index (χ0n) is 8.76. The molecule has 0 heterocycles. The second-order valence-electron chi connectivity index (χ2n) is 3.07. The SMILES string of the molecule is CCOc1ccc(CC)c(CC)c1. The van der Waals surface area contributed by atoms with Crippen LogP contribution >= 0.6 is 0 Å². The minimum Gasteiger partial charge on any atom is -0.494 e. The summed E-state index contributed by atoms with van der Waals surface area (Å²) in [5.74, 6) is 0.997. The number of aryl methyl sites for hydroxylation is 2. The smallest absolute Gasteiger partial charge is 0.119 e. The fourth-order valence-electron chi connectivity index (χ4n) is 1.53. The molecule has 0 unspecified atom stereocenters. The van der Waals surface area contributed by atoms with Gasteiger partial charge in [0.2, 0.25) is 0 Å². The average molecular weight is 178 g/mol. The molecule has 0 aliphatic heterocycles. The number of hydrogen-bond donors (Lipinski definition) is 0. The molecule has 1 heteroatoms. The lowest BCUT2D eigenvalue weighted by Crippen LogP contribution is -1.95. The fourth-order valence-corrected chi connectivity index (χ4v) is 1.53. The van der Waals surface area contributed by atoms with Gasteiger partial charge in [-0.25, -0.2) is 0 Å². The lowest BCUT2D eigenvalue weighted by Gasteiger charge is -2.08. The Morgan fingerprint density at radius 3 is 2.23 bits per heavy atom. The molecule has 1 rings (SSSR count). The Kier molecular flexibility index (Phi) is 3.81. The molecule has 13 heavy (non-hydrogen) atoms. The number of ether oxygens (including phenoxy) is 1. The number of rotatable bonds is 4. The first kappa shape index (κ1) is 10.1. The number of benzene rings is 1. The van der Waals surface area contributed by atoms with Crippen molar-refractivity contribution in [1.29, 1.82) is 0 Å². The zero-order valence-corrected chi connectivity index (χ0v) is 8.76. The van der Waals surface area contributed by atoms with E-state index in [1.54, 1.807) is 0 Å². The third kappa shape index (κ3) is 2.48. The van der Waals surface area contributed by atoms with Crippen LogP contribution in [0.5, 0.6) is 5.75 Å². The van der Waals surface area contributed by atoms with E-state index in [1.165, 1.54) is 11.1 Å². The van der Waals surface area contributed by atoms with E-state index in [0.717, 1.165) is 25.2 Å². The standard InChI is InChI=1S/C12H18O/c1-4-10-7-8-12(13-6-3)9-11(10)5-2/h7-9H,4-6H2,1-3H3. The van der Waals surface area contributed by atoms with Gasteiger partial charge < -0.3 is 4.74 Å². The Morgan fingerprint density at radius 1 is 1.00 bits per heavy atom. The Balaban J connectivity index is 2.91. The number of hydrogen-bond acceptors (Lipinski definition) is 1. The molecule has 0 saturated carbocycles. The molecule has 1 aromatic rings. The molecule has 0 spiro atoms. The van der Waals surface area contributed by atoms with E-state index in [4.69, 9.17) is 4.74 Å². The first-order valence-corrected chi connectivity index (χ1v) is 5.06. The Bertz CT molecular complexity index is 266. The normalized spacial score (nSPS) is 10.1. The van der Waals surface area contributed by atoms with Crippen LogP contribution in [-0.4, -0.2) is 6.61 Å². The maximum absolute atomic E-state index is 5.45. The lowest BCUT2D eigenvalue weighted by atomic mass is 10.0. The van der Waals surface area contributed by atoms with Gasteiger partial charge in [0.15, 0.2) is 0 Å². The van der Waals surface area contributed by atoms with E-state index in [2.05, 4.69) is 32.0 Å². The highest BCUT2D eigenvalue weighted by Crippen LogP contribution is 2.18. The van der Waals surface area contributed by atoms with Crippen LogP contribution in [0.1, 0.15) is 31.9 Å². The predicted octanol–water partition coefficient (Wildman–Crippen LogP) is 3.21. The summed E-state index contributed by atoms with van der Waals surface area (Å²) in [5, 5.41) is 0. The average Bonchev–Trinajstić information content (AvgIpc) is 2.18. The van der Waals surface area contributed by atoms with Crippen molar-refractivity contribution >= 4 is 0 Å². The molecule has 0 saturated heterocycles. The second-order valence-corrected chi connectivity index (χ2v) is 3.07. The maximum Gasteiger partial charge on any atom is 0.119 e. The summed E-state index contributed by atoms with van der Waals surface area (Å²) < 4.78 is 5.45. The van der Waals surface area contributed by atoms with Gasteiger partial charge in [0.1, 0.15) is 5.75 Å². The van der Waals surface area contributed by atoms with Gasteiger partial charge >= 0.3 is 0 Å². The minimum atomic E-state index is 0.745. The molecule has 0 radical (unpaired) electrons. The van der Waals surface area contributed by atoms with Gasteiger partial charge in [-0.15, -0.1) is 0 Å². The lowest BCUT2D eigenvalue weighted by molar-refractivity contribution is 0.340. The van der Waals surface area contributed by atoms with Crippen LogP contribution in [0.4, 0.5) is 0 Å². The summed E-state index contributed by atoms with van der Waals surface area (Å²) >= 11 is 0. The quantitative estimate of drug-likeness (QED) is 0.688. The molecule has 0 aliphatic rings. The van der Waals surface area contributed by atoms with Gasteiger partial charge in [-0.05, 0) is 43.0 Å². The highest BCUT2D eigenvalue weighted by atomic mass is 16.5. The topological polar surface area (TPSA) is 9.23 Å². The first-order valence-electron chi connectivity index (χ1n) is 5.06. The summed E-state index contributed by atoms with van der Waals surface area (Å²) in [6.07, 6.45) is 2.19. The van der Waals surface area contributed by atoms with Crippen molar-refractivity contribution in [3.05, 3.63) is 29.3 Å². The van der Waals surface area contributed by atoms with Gasteiger partial charge in [-0.2, -0.15) is 0 Å². The summed E-state index contributed by atoms with van der Waals surface area (Å²) in [7, 11) is 0. The van der Waals surface area contributed by atoms with E-state index in [1.807, 2.05) is 6.92 Å². The molecule has 1 nitrogen and oxygen atoms in total. The van der Waals surface area contributed by atoms with Crippen molar-refractivity contribution in [2.75, 3.05) is 6.61 Å². The molecule has 0 aliphatic carbocycles. The van der Waals surface area contributed by atoms with E-state index in [0.29, 0.717) is 0 Å². The molecule has 1 aromatic carbocycles. The van der Waals surface area contributed by atoms with E-state index >= 15 is 0 Å². The Hall–Kier alpha value is -0.980. The van der Waals surface area contributed by atoms with Crippen LogP contribution in [0, 0.1) is 0 Å². The zero-order chi connectivity index (χ0) is 9.68. The molecule has 0 aromatic heterocycles. The van der Waals surface area contributed by atoms with Gasteiger partial charge in [0.25, 0.3) is 0 Å². The van der Waals surface area contributed by atoms with Crippen molar-refractivity contribution in [1.82, 2.24) is 0 Å². The van der Waals surface area contributed by atoms with Crippen molar-refractivity contribution in [3.8, 4) is 5.75 Å². The summed E-state index contributed by atoms with van der Waals surface area (Å²) in [4.78, 5) is 0. The molecule has 0 fully saturated rings. The van der Waals surface area contributed by atoms with Crippen LogP contribution in [0.25, 0.3) is 0 Å². The fraction of sp³-hybridized carbons (Fsp3) is 0.500. The van der Waals surface area contributed by atoms with Gasteiger partial charge in [0.05, 0.1) is 6.61 Å². The van der Waals surface area contributed by atoms with Crippen LogP contribution in [-0.2, 0) is 12.8 Å². The molecule has 0 N–H and O–H groups in total. The van der Waals surface area contributed by atoms with Crippen LogP contribution in [0.2, 0.25) is 0 Å². The summed E-state index contributed by atoms with van der Waals surface area (Å²) in [5.41, 5.74) is 2.85. The van der Waals surface area contributed by atoms with E-state index in [9.17, 15) is 0 Å². The van der Waals surface area contributed by atoms with Crippen LogP contribution in [0.15, 0.2) is 18.2 Å². The van der Waals surface area contributed by atoms with Crippen molar-refractivity contribution < 1.29 is 4.74 Å².